The Hall–Kier alpha value is -2.89. The topological polar surface area (TPSA) is 30.3 Å². The summed E-state index contributed by atoms with van der Waals surface area (Å²) in [7, 11) is 1.76. The van der Waals surface area contributed by atoms with E-state index in [9.17, 15) is 0 Å². The number of benzene rings is 2. The smallest absolute Gasteiger partial charge is 0.123 e. The molecule has 0 amide bonds. The van der Waals surface area contributed by atoms with Gasteiger partial charge in [0.1, 0.15) is 11.4 Å². The largest absolute Gasteiger partial charge is 0.496 e. The Morgan fingerprint density at radius 1 is 1.03 bits per heavy atom. The number of aromatic nitrogens is 2. The van der Waals surface area contributed by atoms with Crippen LogP contribution in [-0.4, -0.2) is 28.3 Å². The molecule has 0 spiro atoms. The average Bonchev–Trinajstić information content (AvgIpc) is 3.55. The zero-order valence-electron chi connectivity index (χ0n) is 17.1. The van der Waals surface area contributed by atoms with Gasteiger partial charge in [0.15, 0.2) is 0 Å². The molecule has 30 heavy (non-hydrogen) atoms. The minimum atomic E-state index is 0.373. The number of nitrogens with zero attached hydrogens (tertiary/aromatic N) is 3. The molecule has 0 bridgehead atoms. The summed E-state index contributed by atoms with van der Waals surface area (Å²) in [5.74, 6) is 0.980. The van der Waals surface area contributed by atoms with Crippen molar-refractivity contribution < 1.29 is 4.74 Å². The number of likely N-dealkylation sites (tertiary alicyclic amines) is 1. The van der Waals surface area contributed by atoms with E-state index < -0.39 is 0 Å². The van der Waals surface area contributed by atoms with Gasteiger partial charge in [0.25, 0.3) is 0 Å². The average molecular weight is 416 g/mol. The van der Waals surface area contributed by atoms with Gasteiger partial charge < -0.3 is 4.74 Å². The van der Waals surface area contributed by atoms with Crippen molar-refractivity contribution in [2.45, 2.75) is 25.4 Å². The second kappa shape index (κ2) is 8.46. The summed E-state index contributed by atoms with van der Waals surface area (Å²) in [4.78, 5) is 3.79. The number of methoxy groups -OCH3 is 1. The predicted molar refractivity (Wildman–Crippen MR) is 122 cm³/mol. The molecular weight excluding hydrogens is 390 g/mol. The molecule has 1 aliphatic heterocycles. The van der Waals surface area contributed by atoms with Crippen LogP contribution in [0.3, 0.4) is 0 Å². The lowest BCUT2D eigenvalue weighted by Gasteiger charge is -2.26. The van der Waals surface area contributed by atoms with Gasteiger partial charge in [0.05, 0.1) is 17.7 Å². The zero-order chi connectivity index (χ0) is 20.3. The Labute approximate surface area is 181 Å². The van der Waals surface area contributed by atoms with E-state index in [2.05, 4.69) is 71.1 Å². The van der Waals surface area contributed by atoms with Crippen molar-refractivity contribution in [3.63, 3.8) is 0 Å². The van der Waals surface area contributed by atoms with E-state index in [0.717, 1.165) is 36.6 Å². The molecule has 2 aromatic heterocycles. The van der Waals surface area contributed by atoms with Gasteiger partial charge in [-0.15, -0.1) is 11.3 Å². The van der Waals surface area contributed by atoms with Crippen molar-refractivity contribution in [1.82, 2.24) is 14.7 Å². The fraction of sp³-hybridized carbons (Fsp3) is 0.240. The summed E-state index contributed by atoms with van der Waals surface area (Å²) >= 11 is 1.75. The quantitative estimate of drug-likeness (QED) is 0.390. The third-order valence-corrected chi connectivity index (χ3v) is 6.68. The molecule has 0 aliphatic carbocycles. The highest BCUT2D eigenvalue weighted by Gasteiger charge is 2.29. The van der Waals surface area contributed by atoms with Crippen LogP contribution in [0.2, 0.25) is 0 Å². The van der Waals surface area contributed by atoms with Gasteiger partial charge in [0.2, 0.25) is 0 Å². The number of para-hydroxylation sites is 2. The third kappa shape index (κ3) is 3.66. The fourth-order valence-corrected chi connectivity index (χ4v) is 5.13. The van der Waals surface area contributed by atoms with Crippen LogP contribution >= 0.6 is 11.3 Å². The van der Waals surface area contributed by atoms with Crippen molar-refractivity contribution in [3.8, 4) is 22.0 Å². The van der Waals surface area contributed by atoms with Crippen molar-refractivity contribution in [2.75, 3.05) is 13.7 Å². The van der Waals surface area contributed by atoms with Crippen LogP contribution in [0.4, 0.5) is 0 Å². The highest BCUT2D eigenvalue weighted by atomic mass is 32.1. The molecule has 3 heterocycles. The molecule has 1 saturated heterocycles. The monoisotopic (exact) mass is 415 g/mol. The molecule has 5 heteroatoms. The first-order valence-electron chi connectivity index (χ1n) is 10.4. The summed E-state index contributed by atoms with van der Waals surface area (Å²) < 4.78 is 7.67. The summed E-state index contributed by atoms with van der Waals surface area (Å²) in [6.07, 6.45) is 4.55. The highest BCUT2D eigenvalue weighted by Crippen LogP contribution is 2.39. The molecule has 1 aliphatic rings. The number of hydrogen-bond acceptors (Lipinski definition) is 4. The molecule has 5 rings (SSSR count). The maximum Gasteiger partial charge on any atom is 0.123 e. The Balaban J connectivity index is 1.50. The standard InChI is InChI=1S/C25H25N3OS/c1-29-23-13-6-5-11-21(23)22-12-7-15-27(22)17-19-18-28(20-9-3-2-4-10-20)26-25(19)24-14-8-16-30-24/h2-6,8-11,13-14,16,18,22H,7,12,15,17H2,1H3. The number of ether oxygens (including phenoxy) is 1. The first kappa shape index (κ1) is 19.1. The van der Waals surface area contributed by atoms with Gasteiger partial charge >= 0.3 is 0 Å². The number of thiophene rings is 1. The summed E-state index contributed by atoms with van der Waals surface area (Å²) in [6, 6.07) is 23.4. The van der Waals surface area contributed by atoms with Crippen LogP contribution in [-0.2, 0) is 6.54 Å². The first-order valence-corrected chi connectivity index (χ1v) is 11.3. The van der Waals surface area contributed by atoms with Crippen LogP contribution in [0, 0.1) is 0 Å². The van der Waals surface area contributed by atoms with E-state index in [1.54, 1.807) is 18.4 Å². The van der Waals surface area contributed by atoms with Crippen LogP contribution in [0.25, 0.3) is 16.3 Å². The van der Waals surface area contributed by atoms with E-state index in [1.165, 1.54) is 22.4 Å². The minimum absolute atomic E-state index is 0.373. The fourth-order valence-electron chi connectivity index (χ4n) is 4.39. The van der Waals surface area contributed by atoms with Gasteiger partial charge in [-0.2, -0.15) is 5.10 Å². The van der Waals surface area contributed by atoms with Crippen molar-refractivity contribution in [2.24, 2.45) is 0 Å². The molecule has 2 aromatic carbocycles. The molecule has 1 atom stereocenters. The Bertz CT molecular complexity index is 1100. The molecule has 0 N–H and O–H groups in total. The SMILES string of the molecule is COc1ccccc1C1CCCN1Cc1cn(-c2ccccc2)nc1-c1cccs1. The van der Waals surface area contributed by atoms with Crippen molar-refractivity contribution in [1.29, 1.82) is 0 Å². The molecule has 1 fully saturated rings. The molecule has 152 valence electrons. The van der Waals surface area contributed by atoms with E-state index >= 15 is 0 Å². The maximum absolute atomic E-state index is 5.66. The Kier molecular flexibility index (Phi) is 5.39. The van der Waals surface area contributed by atoms with E-state index in [-0.39, 0.29) is 0 Å². The Morgan fingerprint density at radius 3 is 2.67 bits per heavy atom. The highest BCUT2D eigenvalue weighted by molar-refractivity contribution is 7.13. The molecule has 0 radical (unpaired) electrons. The molecular formula is C25H25N3OS. The summed E-state index contributed by atoms with van der Waals surface area (Å²) in [6.45, 7) is 1.96. The third-order valence-electron chi connectivity index (χ3n) is 5.80. The number of rotatable bonds is 6. The molecule has 4 aromatic rings. The van der Waals surface area contributed by atoms with Gasteiger partial charge in [0, 0.05) is 29.9 Å². The lowest BCUT2D eigenvalue weighted by molar-refractivity contribution is 0.243. The second-order valence-corrected chi connectivity index (χ2v) is 8.58. The predicted octanol–water partition coefficient (Wildman–Crippen LogP) is 5.95. The number of hydrogen-bond donors (Lipinski definition) is 0. The molecule has 0 saturated carbocycles. The lowest BCUT2D eigenvalue weighted by atomic mass is 10.0. The Morgan fingerprint density at radius 2 is 1.87 bits per heavy atom. The van der Waals surface area contributed by atoms with Gasteiger partial charge in [-0.3, -0.25) is 4.90 Å². The van der Waals surface area contributed by atoms with Crippen LogP contribution in [0.5, 0.6) is 5.75 Å². The van der Waals surface area contributed by atoms with Gasteiger partial charge in [-0.25, -0.2) is 4.68 Å². The summed E-state index contributed by atoms with van der Waals surface area (Å²) in [5.41, 5.74) is 4.72. The normalized spacial score (nSPS) is 16.8. The van der Waals surface area contributed by atoms with Crippen molar-refractivity contribution >= 4 is 11.3 Å². The lowest BCUT2D eigenvalue weighted by Crippen LogP contribution is -2.23. The van der Waals surface area contributed by atoms with Gasteiger partial charge in [-0.05, 0) is 49.0 Å². The summed E-state index contributed by atoms with van der Waals surface area (Å²) in [5, 5.41) is 7.09. The maximum atomic E-state index is 5.66. The van der Waals surface area contributed by atoms with Crippen molar-refractivity contribution in [3.05, 3.63) is 89.4 Å². The minimum Gasteiger partial charge on any atom is -0.496 e. The van der Waals surface area contributed by atoms with Crippen LogP contribution < -0.4 is 4.74 Å². The first-order chi connectivity index (χ1) is 14.8. The van der Waals surface area contributed by atoms with E-state index in [4.69, 9.17) is 9.84 Å². The van der Waals surface area contributed by atoms with Gasteiger partial charge in [-0.1, -0.05) is 42.5 Å². The van der Waals surface area contributed by atoms with E-state index in [0.29, 0.717) is 6.04 Å². The van der Waals surface area contributed by atoms with Crippen LogP contribution in [0.1, 0.15) is 30.0 Å². The molecule has 1 unspecified atom stereocenters. The zero-order valence-corrected chi connectivity index (χ0v) is 17.9. The van der Waals surface area contributed by atoms with E-state index in [1.807, 2.05) is 16.8 Å². The van der Waals surface area contributed by atoms with Crippen LogP contribution in [0.15, 0.2) is 78.3 Å². The molecule has 4 nitrogen and oxygen atoms in total. The second-order valence-electron chi connectivity index (χ2n) is 7.63.